The Hall–Kier alpha value is -1.38. The zero-order valence-corrected chi connectivity index (χ0v) is 10.7. The van der Waals surface area contributed by atoms with E-state index >= 15 is 0 Å². The lowest BCUT2D eigenvalue weighted by Crippen LogP contribution is -2.33. The largest absolute Gasteiger partial charge is 0.350 e. The molecule has 0 spiro atoms. The van der Waals surface area contributed by atoms with Crippen molar-refractivity contribution in [2.45, 2.75) is 39.7 Å². The maximum atomic E-state index is 12.7. The number of nitrogens with one attached hydrogen (secondary N) is 1. The topological polar surface area (TPSA) is 29.1 Å². The van der Waals surface area contributed by atoms with E-state index in [1.54, 1.807) is 0 Å². The molecule has 0 aliphatic rings. The summed E-state index contributed by atoms with van der Waals surface area (Å²) in [6.07, 6.45) is 2.07. The van der Waals surface area contributed by atoms with Gasteiger partial charge in [0.2, 0.25) is 0 Å². The number of hydrogen-bond acceptors (Lipinski definition) is 1. The SMILES string of the molecule is CCC(C)CC(C)NC(=O)c1ccc(F)cc1. The molecule has 3 heteroatoms. The molecule has 1 aromatic carbocycles. The van der Waals surface area contributed by atoms with Crippen LogP contribution in [-0.2, 0) is 0 Å². The Morgan fingerprint density at radius 3 is 2.41 bits per heavy atom. The van der Waals surface area contributed by atoms with Crippen LogP contribution in [0.25, 0.3) is 0 Å². The first-order chi connectivity index (χ1) is 8.02. The third-order valence-electron chi connectivity index (χ3n) is 2.94. The van der Waals surface area contributed by atoms with Crippen LogP contribution in [-0.4, -0.2) is 11.9 Å². The van der Waals surface area contributed by atoms with E-state index in [0.717, 1.165) is 12.8 Å². The molecule has 2 unspecified atom stereocenters. The van der Waals surface area contributed by atoms with Crippen LogP contribution in [0, 0.1) is 11.7 Å². The standard InChI is InChI=1S/C14H20FNO/c1-4-10(2)9-11(3)16-14(17)12-5-7-13(15)8-6-12/h5-8,10-11H,4,9H2,1-3H3,(H,16,17). The molecular formula is C14H20FNO. The highest BCUT2D eigenvalue weighted by molar-refractivity contribution is 5.94. The first kappa shape index (κ1) is 13.7. The summed E-state index contributed by atoms with van der Waals surface area (Å²) in [5.41, 5.74) is 0.502. The lowest BCUT2D eigenvalue weighted by molar-refractivity contribution is 0.0935. The molecule has 0 saturated heterocycles. The molecule has 2 nitrogen and oxygen atoms in total. The van der Waals surface area contributed by atoms with Crippen molar-refractivity contribution in [1.82, 2.24) is 5.32 Å². The Morgan fingerprint density at radius 2 is 1.88 bits per heavy atom. The third-order valence-corrected chi connectivity index (χ3v) is 2.94. The molecule has 1 N–H and O–H groups in total. The van der Waals surface area contributed by atoms with Crippen LogP contribution >= 0.6 is 0 Å². The summed E-state index contributed by atoms with van der Waals surface area (Å²) >= 11 is 0. The minimum atomic E-state index is -0.325. The minimum absolute atomic E-state index is 0.138. The Labute approximate surface area is 102 Å². The molecule has 0 heterocycles. The van der Waals surface area contributed by atoms with Gasteiger partial charge in [0.1, 0.15) is 5.82 Å². The fraction of sp³-hybridized carbons (Fsp3) is 0.500. The highest BCUT2D eigenvalue weighted by atomic mass is 19.1. The van der Waals surface area contributed by atoms with Gasteiger partial charge in [0.05, 0.1) is 0 Å². The van der Waals surface area contributed by atoms with E-state index in [1.807, 2.05) is 6.92 Å². The zero-order chi connectivity index (χ0) is 12.8. The van der Waals surface area contributed by atoms with Gasteiger partial charge in [0, 0.05) is 11.6 Å². The maximum absolute atomic E-state index is 12.7. The fourth-order valence-corrected chi connectivity index (χ4v) is 1.74. The van der Waals surface area contributed by atoms with Gasteiger partial charge in [0.15, 0.2) is 0 Å². The predicted octanol–water partition coefficient (Wildman–Crippen LogP) is 3.38. The van der Waals surface area contributed by atoms with Gasteiger partial charge >= 0.3 is 0 Å². The first-order valence-corrected chi connectivity index (χ1v) is 6.09. The van der Waals surface area contributed by atoms with Gasteiger partial charge in [0.25, 0.3) is 5.91 Å². The summed E-state index contributed by atoms with van der Waals surface area (Å²) in [5, 5.41) is 2.92. The highest BCUT2D eigenvalue weighted by Gasteiger charge is 2.11. The molecule has 0 bridgehead atoms. The number of carbonyl (C=O) groups excluding carboxylic acids is 1. The molecule has 0 radical (unpaired) electrons. The quantitative estimate of drug-likeness (QED) is 0.835. The van der Waals surface area contributed by atoms with Crippen molar-refractivity contribution in [3.05, 3.63) is 35.6 Å². The van der Waals surface area contributed by atoms with E-state index < -0.39 is 0 Å². The van der Waals surface area contributed by atoms with Crippen LogP contribution in [0.3, 0.4) is 0 Å². The van der Waals surface area contributed by atoms with Crippen LogP contribution in [0.2, 0.25) is 0 Å². The number of halogens is 1. The molecule has 17 heavy (non-hydrogen) atoms. The number of carbonyl (C=O) groups is 1. The second-order valence-electron chi connectivity index (χ2n) is 4.63. The predicted molar refractivity (Wildman–Crippen MR) is 67.4 cm³/mol. The molecule has 0 aliphatic carbocycles. The van der Waals surface area contributed by atoms with Gasteiger partial charge < -0.3 is 5.32 Å². The number of benzene rings is 1. The van der Waals surface area contributed by atoms with Crippen molar-refractivity contribution in [2.75, 3.05) is 0 Å². The molecular weight excluding hydrogens is 217 g/mol. The van der Waals surface area contributed by atoms with Crippen molar-refractivity contribution in [1.29, 1.82) is 0 Å². The van der Waals surface area contributed by atoms with Gasteiger partial charge in [-0.2, -0.15) is 0 Å². The Balaban J connectivity index is 2.51. The Bertz CT molecular complexity index is 361. The summed E-state index contributed by atoms with van der Waals surface area (Å²) in [6, 6.07) is 5.74. The molecule has 1 aromatic rings. The number of rotatable bonds is 5. The van der Waals surface area contributed by atoms with Crippen molar-refractivity contribution in [2.24, 2.45) is 5.92 Å². The van der Waals surface area contributed by atoms with Gasteiger partial charge in [-0.3, -0.25) is 4.79 Å². The smallest absolute Gasteiger partial charge is 0.251 e. The van der Waals surface area contributed by atoms with Crippen LogP contribution in [0.4, 0.5) is 4.39 Å². The molecule has 2 atom stereocenters. The summed E-state index contributed by atoms with van der Waals surface area (Å²) < 4.78 is 12.7. The van der Waals surface area contributed by atoms with Crippen LogP contribution in [0.15, 0.2) is 24.3 Å². The summed E-state index contributed by atoms with van der Waals surface area (Å²) in [4.78, 5) is 11.8. The zero-order valence-electron chi connectivity index (χ0n) is 10.7. The minimum Gasteiger partial charge on any atom is -0.350 e. The van der Waals surface area contributed by atoms with E-state index in [2.05, 4.69) is 19.2 Å². The molecule has 94 valence electrons. The normalized spacial score (nSPS) is 14.1. The summed E-state index contributed by atoms with van der Waals surface area (Å²) in [6.45, 7) is 6.30. The fourth-order valence-electron chi connectivity index (χ4n) is 1.74. The molecule has 1 rings (SSSR count). The average molecular weight is 237 g/mol. The van der Waals surface area contributed by atoms with Crippen LogP contribution in [0.5, 0.6) is 0 Å². The van der Waals surface area contributed by atoms with Gasteiger partial charge in [-0.15, -0.1) is 0 Å². The van der Waals surface area contributed by atoms with E-state index in [9.17, 15) is 9.18 Å². The van der Waals surface area contributed by atoms with E-state index in [1.165, 1.54) is 24.3 Å². The average Bonchev–Trinajstić information content (AvgIpc) is 2.29. The maximum Gasteiger partial charge on any atom is 0.251 e. The molecule has 0 fully saturated rings. The Morgan fingerprint density at radius 1 is 1.29 bits per heavy atom. The summed E-state index contributed by atoms with van der Waals surface area (Å²) in [5.74, 6) is 0.133. The third kappa shape index (κ3) is 4.55. The van der Waals surface area contributed by atoms with E-state index in [4.69, 9.17) is 0 Å². The van der Waals surface area contributed by atoms with Crippen LogP contribution in [0.1, 0.15) is 44.0 Å². The van der Waals surface area contributed by atoms with Gasteiger partial charge in [-0.1, -0.05) is 20.3 Å². The van der Waals surface area contributed by atoms with Crippen molar-refractivity contribution in [3.63, 3.8) is 0 Å². The van der Waals surface area contributed by atoms with Crippen molar-refractivity contribution < 1.29 is 9.18 Å². The van der Waals surface area contributed by atoms with Gasteiger partial charge in [-0.25, -0.2) is 4.39 Å². The van der Waals surface area contributed by atoms with Crippen molar-refractivity contribution in [3.8, 4) is 0 Å². The lowest BCUT2D eigenvalue weighted by Gasteiger charge is -2.17. The number of hydrogen-bond donors (Lipinski definition) is 1. The van der Waals surface area contributed by atoms with E-state index in [0.29, 0.717) is 11.5 Å². The second-order valence-corrected chi connectivity index (χ2v) is 4.63. The molecule has 0 aliphatic heterocycles. The molecule has 0 aromatic heterocycles. The highest BCUT2D eigenvalue weighted by Crippen LogP contribution is 2.10. The monoisotopic (exact) mass is 237 g/mol. The molecule has 1 amide bonds. The summed E-state index contributed by atoms with van der Waals surface area (Å²) in [7, 11) is 0. The van der Waals surface area contributed by atoms with Crippen LogP contribution < -0.4 is 5.32 Å². The van der Waals surface area contributed by atoms with E-state index in [-0.39, 0.29) is 17.8 Å². The number of amides is 1. The first-order valence-electron chi connectivity index (χ1n) is 6.09. The Kier molecular flexibility index (Phi) is 5.13. The second kappa shape index (κ2) is 6.38. The van der Waals surface area contributed by atoms with Gasteiger partial charge in [-0.05, 0) is 43.5 Å². The lowest BCUT2D eigenvalue weighted by atomic mass is 10.0. The molecule has 0 saturated carbocycles. The van der Waals surface area contributed by atoms with Crippen molar-refractivity contribution >= 4 is 5.91 Å².